The molecule has 3 aromatic rings. The first-order valence-electron chi connectivity index (χ1n) is 19.0. The highest BCUT2D eigenvalue weighted by Crippen LogP contribution is 2.65. The van der Waals surface area contributed by atoms with Gasteiger partial charge in [-0.2, -0.15) is 5.26 Å². The molecule has 10 rings (SSSR count). The molecule has 7 aliphatic heterocycles. The van der Waals surface area contributed by atoms with Gasteiger partial charge in [0.05, 0.1) is 37.6 Å². The predicted octanol–water partition coefficient (Wildman–Crippen LogP) is 4.54. The van der Waals surface area contributed by atoms with Crippen molar-refractivity contribution >= 4 is 23.7 Å². The molecule has 0 amide bonds. The number of esters is 2. The van der Waals surface area contributed by atoms with E-state index in [-0.39, 0.29) is 42.4 Å². The maximum absolute atomic E-state index is 14.8. The SMILES string of the molecule is C=CCN1[C@@H]2c3c(cc(C)c(OC)c3O)C[C@H]1[C@H](C#N)N1C2[C@@H]2SC[C@@]3(NCCc4cc(O)c(OC)cc43)C(=O)OC[C@H]1c1c3c(c(C)c(OC(C)=O)c12)OCO3. The molecule has 15 heteroatoms. The van der Waals surface area contributed by atoms with Crippen LogP contribution >= 0.6 is 11.8 Å². The van der Waals surface area contributed by atoms with Gasteiger partial charge in [0.25, 0.3) is 0 Å². The van der Waals surface area contributed by atoms with Crippen LogP contribution in [0.5, 0.6) is 40.2 Å². The molecule has 0 aliphatic carbocycles. The summed E-state index contributed by atoms with van der Waals surface area (Å²) in [6, 6.07) is 5.08. The van der Waals surface area contributed by atoms with Crippen molar-refractivity contribution in [3.05, 3.63) is 75.4 Å². The van der Waals surface area contributed by atoms with Crippen molar-refractivity contribution in [1.29, 1.82) is 5.26 Å². The summed E-state index contributed by atoms with van der Waals surface area (Å²) in [5.41, 5.74) is 4.30. The van der Waals surface area contributed by atoms with E-state index in [1.807, 2.05) is 26.0 Å². The highest BCUT2D eigenvalue weighted by atomic mass is 32.2. The van der Waals surface area contributed by atoms with Crippen molar-refractivity contribution in [1.82, 2.24) is 15.1 Å². The first-order valence-corrected chi connectivity index (χ1v) is 20.1. The highest BCUT2D eigenvalue weighted by molar-refractivity contribution is 7.99. The molecule has 4 bridgehead atoms. The summed E-state index contributed by atoms with van der Waals surface area (Å²) in [7, 11) is 3.00. The number of nitrogens with zero attached hydrogens (tertiary/aromatic N) is 3. The largest absolute Gasteiger partial charge is 0.504 e. The van der Waals surface area contributed by atoms with E-state index in [1.54, 1.807) is 12.1 Å². The number of hydrogen-bond acceptors (Lipinski definition) is 15. The number of carbonyl (C=O) groups excluding carboxylic acids is 2. The van der Waals surface area contributed by atoms with Gasteiger partial charge in [0, 0.05) is 60.1 Å². The Morgan fingerprint density at radius 3 is 2.61 bits per heavy atom. The van der Waals surface area contributed by atoms with E-state index in [1.165, 1.54) is 32.9 Å². The van der Waals surface area contributed by atoms with Crippen LogP contribution in [0.3, 0.4) is 0 Å². The van der Waals surface area contributed by atoms with E-state index < -0.39 is 46.9 Å². The summed E-state index contributed by atoms with van der Waals surface area (Å²) >= 11 is 1.47. The normalized spacial score (nSPS) is 28.2. The number of methoxy groups -OCH3 is 2. The summed E-state index contributed by atoms with van der Waals surface area (Å²) in [4.78, 5) is 32.2. The standard InChI is InChI=1S/C42H44N4O10S/c1-7-10-45-25-12-23-11-19(2)36(52-6)35(49)30(23)33(45)34-40-32-31(39-38(54-18-55-39)20(3)37(32)56-21(4)47)27(46(34)26(25)15-43)16-53-41(50)42(17-57-40)24-14-29(51-5)28(48)13-22(24)8-9-44-42/h7,11,13-14,25-27,33-34,40,44,48-49H,1,8-10,12,16-18H2,2-6H3/t25-,26-,27-,33+,34?,40+,42-/m0/s1. The number of benzene rings is 3. The number of nitriles is 1. The Kier molecular flexibility index (Phi) is 9.04. The van der Waals surface area contributed by atoms with Gasteiger partial charge < -0.3 is 38.6 Å². The number of carbonyl (C=O) groups is 2. The number of fused-ring (bicyclic) bond motifs is 9. The minimum atomic E-state index is -1.38. The van der Waals surface area contributed by atoms with Crippen molar-refractivity contribution in [3.8, 4) is 46.3 Å². The van der Waals surface area contributed by atoms with E-state index in [9.17, 15) is 25.1 Å². The molecule has 298 valence electrons. The summed E-state index contributed by atoms with van der Waals surface area (Å²) in [6.07, 6.45) is 2.82. The van der Waals surface area contributed by atoms with Gasteiger partial charge in [0.2, 0.25) is 6.79 Å². The lowest BCUT2D eigenvalue weighted by atomic mass is 9.71. The van der Waals surface area contributed by atoms with Crippen molar-refractivity contribution in [2.45, 2.75) is 74.6 Å². The minimum Gasteiger partial charge on any atom is -0.504 e. The van der Waals surface area contributed by atoms with Crippen LogP contribution in [0.4, 0.5) is 0 Å². The van der Waals surface area contributed by atoms with E-state index in [0.717, 1.165) is 16.7 Å². The maximum atomic E-state index is 14.8. The average molecular weight is 797 g/mol. The molecule has 7 aliphatic rings. The Labute approximate surface area is 334 Å². The summed E-state index contributed by atoms with van der Waals surface area (Å²) in [5, 5.41) is 37.2. The van der Waals surface area contributed by atoms with E-state index in [4.69, 9.17) is 28.4 Å². The van der Waals surface area contributed by atoms with Crippen LogP contribution in [0.2, 0.25) is 0 Å². The molecule has 7 atom stereocenters. The second-order valence-corrected chi connectivity index (χ2v) is 16.5. The van der Waals surface area contributed by atoms with Crippen LogP contribution < -0.4 is 29.0 Å². The van der Waals surface area contributed by atoms with Crippen LogP contribution in [0.25, 0.3) is 0 Å². The molecule has 2 saturated heterocycles. The number of thioether (sulfide) groups is 1. The Hall–Kier alpha value is -5.14. The number of rotatable bonds is 5. The summed E-state index contributed by atoms with van der Waals surface area (Å²) < 4.78 is 36.2. The maximum Gasteiger partial charge on any atom is 0.331 e. The van der Waals surface area contributed by atoms with Crippen LogP contribution in [0.15, 0.2) is 30.9 Å². The van der Waals surface area contributed by atoms with Gasteiger partial charge in [-0.1, -0.05) is 12.1 Å². The fourth-order valence-corrected chi connectivity index (χ4v) is 12.1. The van der Waals surface area contributed by atoms with E-state index in [2.05, 4.69) is 27.8 Å². The third-order valence-corrected chi connectivity index (χ3v) is 14.1. The van der Waals surface area contributed by atoms with Crippen molar-refractivity contribution in [2.75, 3.05) is 46.5 Å². The van der Waals surface area contributed by atoms with E-state index in [0.29, 0.717) is 76.7 Å². The van der Waals surface area contributed by atoms with Crippen LogP contribution in [-0.2, 0) is 32.7 Å². The fourth-order valence-electron chi connectivity index (χ4n) is 10.4. The average Bonchev–Trinajstić information content (AvgIpc) is 3.68. The molecule has 14 nitrogen and oxygen atoms in total. The molecule has 7 heterocycles. The number of phenols is 2. The molecule has 1 spiro atoms. The van der Waals surface area contributed by atoms with Gasteiger partial charge >= 0.3 is 11.9 Å². The van der Waals surface area contributed by atoms with Crippen molar-refractivity contribution < 1.29 is 48.2 Å². The Morgan fingerprint density at radius 1 is 1.11 bits per heavy atom. The second kappa shape index (κ2) is 13.8. The van der Waals surface area contributed by atoms with Crippen LogP contribution in [-0.4, -0.2) is 96.5 Å². The Bertz CT molecular complexity index is 2290. The quantitative estimate of drug-likeness (QED) is 0.187. The van der Waals surface area contributed by atoms with Gasteiger partial charge in [-0.25, -0.2) is 4.79 Å². The molecule has 57 heavy (non-hydrogen) atoms. The molecular weight excluding hydrogens is 753 g/mol. The lowest BCUT2D eigenvalue weighted by Crippen LogP contribution is -2.70. The number of aromatic hydroxyl groups is 2. The first-order chi connectivity index (χ1) is 27.5. The van der Waals surface area contributed by atoms with Crippen LogP contribution in [0, 0.1) is 25.2 Å². The second-order valence-electron chi connectivity index (χ2n) is 15.4. The van der Waals surface area contributed by atoms with Crippen LogP contribution in [0.1, 0.15) is 68.8 Å². The number of hydrogen-bond donors (Lipinski definition) is 3. The lowest BCUT2D eigenvalue weighted by Gasteiger charge is -2.62. The van der Waals surface area contributed by atoms with Crippen molar-refractivity contribution in [2.24, 2.45) is 0 Å². The minimum absolute atomic E-state index is 0.0262. The zero-order valence-corrected chi connectivity index (χ0v) is 33.2. The number of aryl methyl sites for hydroxylation is 1. The van der Waals surface area contributed by atoms with Gasteiger partial charge in [-0.3, -0.25) is 19.9 Å². The summed E-state index contributed by atoms with van der Waals surface area (Å²) in [5.74, 6) is 0.869. The molecule has 1 unspecified atom stereocenters. The van der Waals surface area contributed by atoms with Gasteiger partial charge in [0.15, 0.2) is 40.0 Å². The highest BCUT2D eigenvalue weighted by Gasteiger charge is 2.62. The third kappa shape index (κ3) is 5.26. The smallest absolute Gasteiger partial charge is 0.331 e. The zero-order chi connectivity index (χ0) is 40.1. The lowest BCUT2D eigenvalue weighted by molar-refractivity contribution is -0.157. The molecular formula is C42H44N4O10S. The zero-order valence-electron chi connectivity index (χ0n) is 32.3. The fraction of sp³-hybridized carbons (Fsp3) is 0.452. The number of piperazine rings is 1. The summed E-state index contributed by atoms with van der Waals surface area (Å²) in [6.45, 7) is 9.75. The molecule has 0 radical (unpaired) electrons. The monoisotopic (exact) mass is 796 g/mol. The van der Waals surface area contributed by atoms with Crippen molar-refractivity contribution in [3.63, 3.8) is 0 Å². The van der Waals surface area contributed by atoms with Gasteiger partial charge in [-0.05, 0) is 61.1 Å². The van der Waals surface area contributed by atoms with E-state index >= 15 is 0 Å². The third-order valence-electron chi connectivity index (χ3n) is 12.6. The number of phenolic OH excluding ortho intramolecular Hbond substituents is 2. The molecule has 0 saturated carbocycles. The molecule has 3 aromatic carbocycles. The Morgan fingerprint density at radius 2 is 1.89 bits per heavy atom. The Balaban J connectivity index is 1.35. The van der Waals surface area contributed by atoms with Gasteiger partial charge in [-0.15, -0.1) is 18.3 Å². The predicted molar refractivity (Wildman–Crippen MR) is 207 cm³/mol. The first kappa shape index (κ1) is 37.4. The van der Waals surface area contributed by atoms with Gasteiger partial charge in [0.1, 0.15) is 18.4 Å². The molecule has 3 N–H and O–H groups in total. The number of ether oxygens (including phenoxy) is 6. The molecule has 2 fully saturated rings. The molecule has 0 aromatic heterocycles. The number of nitrogens with one attached hydrogen (secondary N) is 1. The topological polar surface area (TPSA) is 172 Å².